The summed E-state index contributed by atoms with van der Waals surface area (Å²) in [4.78, 5) is 25.8. The lowest BCUT2D eigenvalue weighted by Gasteiger charge is -2.33. The van der Waals surface area contributed by atoms with Gasteiger partial charge in [-0.1, -0.05) is 54.6 Å². The molecule has 2 aliphatic rings. The molecule has 4 rings (SSSR count). The molecule has 6 heteroatoms. The number of ether oxygens (including phenoxy) is 2. The van der Waals surface area contributed by atoms with Crippen molar-refractivity contribution in [3.05, 3.63) is 76.9 Å². The number of nitrogens with zero attached hydrogens (tertiary/aromatic N) is 2. The maximum absolute atomic E-state index is 12.9. The van der Waals surface area contributed by atoms with E-state index in [1.54, 1.807) is 13.8 Å². The third-order valence-corrected chi connectivity index (χ3v) is 4.97. The zero-order valence-electron chi connectivity index (χ0n) is 15.9. The number of hydrogen-bond donors (Lipinski definition) is 0. The molecule has 1 unspecified atom stereocenters. The Labute approximate surface area is 163 Å². The Morgan fingerprint density at radius 2 is 1.57 bits per heavy atom. The van der Waals surface area contributed by atoms with Gasteiger partial charge in [-0.15, -0.1) is 0 Å². The Kier molecular flexibility index (Phi) is 4.77. The highest BCUT2D eigenvalue weighted by Crippen LogP contribution is 2.50. The molecular weight excluding hydrogens is 356 g/mol. The van der Waals surface area contributed by atoms with E-state index in [0.717, 1.165) is 28.0 Å². The molecule has 6 nitrogen and oxygen atoms in total. The number of rotatable bonds is 3. The smallest absolute Gasteiger partial charge is 0.433 e. The topological polar surface area (TPSA) is 59.1 Å². The second-order valence-corrected chi connectivity index (χ2v) is 6.58. The molecule has 2 aromatic rings. The Hall–Kier alpha value is -3.28. The lowest BCUT2D eigenvalue weighted by Crippen LogP contribution is -2.47. The van der Waals surface area contributed by atoms with E-state index in [4.69, 9.17) is 9.47 Å². The molecule has 144 valence electrons. The SMILES string of the molecule is CCOC(=O)N1C2=C(Cc3ccccc32)C(c2ccccc2)N1C(=O)OCC. The molecule has 0 aromatic heterocycles. The number of benzene rings is 2. The van der Waals surface area contributed by atoms with Crippen LogP contribution in [0.25, 0.3) is 5.70 Å². The van der Waals surface area contributed by atoms with E-state index in [1.165, 1.54) is 10.0 Å². The van der Waals surface area contributed by atoms with Gasteiger partial charge in [0.05, 0.1) is 18.9 Å². The highest BCUT2D eigenvalue weighted by Gasteiger charge is 2.50. The van der Waals surface area contributed by atoms with Crippen molar-refractivity contribution >= 4 is 17.9 Å². The van der Waals surface area contributed by atoms with Crippen LogP contribution in [0.15, 0.2) is 60.2 Å². The Bertz CT molecular complexity index is 939. The Morgan fingerprint density at radius 3 is 2.29 bits per heavy atom. The fourth-order valence-corrected chi connectivity index (χ4v) is 3.93. The van der Waals surface area contributed by atoms with Crippen molar-refractivity contribution in [1.29, 1.82) is 0 Å². The van der Waals surface area contributed by atoms with Crippen molar-refractivity contribution in [2.24, 2.45) is 0 Å². The summed E-state index contributed by atoms with van der Waals surface area (Å²) in [6.45, 7) is 3.92. The van der Waals surface area contributed by atoms with Crippen molar-refractivity contribution in [1.82, 2.24) is 10.0 Å². The predicted octanol–water partition coefficient (Wildman–Crippen LogP) is 4.54. The fraction of sp³-hybridized carbons (Fsp3) is 0.273. The van der Waals surface area contributed by atoms with Crippen LogP contribution in [0, 0.1) is 0 Å². The number of amides is 2. The molecule has 1 heterocycles. The number of hydrogen-bond acceptors (Lipinski definition) is 4. The van der Waals surface area contributed by atoms with Gasteiger partial charge in [0, 0.05) is 5.56 Å². The highest BCUT2D eigenvalue weighted by atomic mass is 16.6. The fourth-order valence-electron chi connectivity index (χ4n) is 3.93. The molecule has 1 aliphatic heterocycles. The molecule has 28 heavy (non-hydrogen) atoms. The predicted molar refractivity (Wildman–Crippen MR) is 104 cm³/mol. The first-order valence-corrected chi connectivity index (χ1v) is 9.46. The van der Waals surface area contributed by atoms with Crippen molar-refractivity contribution in [2.45, 2.75) is 26.3 Å². The van der Waals surface area contributed by atoms with Gasteiger partial charge in [0.15, 0.2) is 0 Å². The molecule has 0 radical (unpaired) electrons. The summed E-state index contributed by atoms with van der Waals surface area (Å²) in [5, 5.41) is 2.73. The highest BCUT2D eigenvalue weighted by molar-refractivity contribution is 5.92. The van der Waals surface area contributed by atoms with Gasteiger partial charge in [-0.3, -0.25) is 0 Å². The second kappa shape index (κ2) is 7.38. The molecule has 2 amide bonds. The standard InChI is InChI=1S/C22H22N2O4/c1-3-27-21(25)23-19(15-10-6-5-7-11-15)18-14-16-12-8-9-13-17(16)20(18)24(23)22(26)28-4-2/h5-13,19H,3-4,14H2,1-2H3. The van der Waals surface area contributed by atoms with Crippen LogP contribution >= 0.6 is 0 Å². The average Bonchev–Trinajstić information content (AvgIpc) is 3.23. The van der Waals surface area contributed by atoms with E-state index in [9.17, 15) is 9.59 Å². The first-order chi connectivity index (χ1) is 13.7. The van der Waals surface area contributed by atoms with Crippen LogP contribution in [0.3, 0.4) is 0 Å². The second-order valence-electron chi connectivity index (χ2n) is 6.58. The van der Waals surface area contributed by atoms with E-state index in [-0.39, 0.29) is 13.2 Å². The van der Waals surface area contributed by atoms with Crippen LogP contribution in [0.4, 0.5) is 9.59 Å². The van der Waals surface area contributed by atoms with Crippen molar-refractivity contribution in [3.63, 3.8) is 0 Å². The van der Waals surface area contributed by atoms with Crippen LogP contribution in [-0.4, -0.2) is 35.4 Å². The van der Waals surface area contributed by atoms with Crippen LogP contribution in [-0.2, 0) is 15.9 Å². The van der Waals surface area contributed by atoms with Crippen LogP contribution in [0.2, 0.25) is 0 Å². The Morgan fingerprint density at radius 1 is 0.929 bits per heavy atom. The minimum atomic E-state index is -0.585. The van der Waals surface area contributed by atoms with Crippen molar-refractivity contribution in [2.75, 3.05) is 13.2 Å². The zero-order chi connectivity index (χ0) is 19.7. The summed E-state index contributed by atoms with van der Waals surface area (Å²) in [6.07, 6.45) is -0.494. The number of fused-ring (bicyclic) bond motifs is 2. The molecule has 1 aliphatic carbocycles. The van der Waals surface area contributed by atoms with Crippen LogP contribution in [0.5, 0.6) is 0 Å². The summed E-state index contributed by atoms with van der Waals surface area (Å²) in [6, 6.07) is 17.2. The van der Waals surface area contributed by atoms with E-state index < -0.39 is 18.2 Å². The monoisotopic (exact) mass is 378 g/mol. The van der Waals surface area contributed by atoms with Gasteiger partial charge >= 0.3 is 12.2 Å². The van der Waals surface area contributed by atoms with E-state index in [2.05, 4.69) is 0 Å². The number of carbonyl (C=O) groups excluding carboxylic acids is 2. The van der Waals surface area contributed by atoms with Crippen molar-refractivity contribution < 1.29 is 19.1 Å². The molecule has 0 saturated heterocycles. The lowest BCUT2D eigenvalue weighted by molar-refractivity contribution is 0.00632. The third kappa shape index (κ3) is 2.81. The maximum Gasteiger partial charge on any atom is 0.433 e. The van der Waals surface area contributed by atoms with Gasteiger partial charge in [-0.25, -0.2) is 9.59 Å². The lowest BCUT2D eigenvalue weighted by atomic mass is 9.97. The van der Waals surface area contributed by atoms with E-state index in [0.29, 0.717) is 6.42 Å². The van der Waals surface area contributed by atoms with Gasteiger partial charge in [-0.2, -0.15) is 10.0 Å². The maximum atomic E-state index is 12.9. The largest absolute Gasteiger partial charge is 0.448 e. The van der Waals surface area contributed by atoms with Gasteiger partial charge in [0.2, 0.25) is 0 Å². The molecular formula is C22H22N2O4. The molecule has 0 spiro atoms. The summed E-state index contributed by atoms with van der Waals surface area (Å²) in [5.74, 6) is 0. The minimum Gasteiger partial charge on any atom is -0.448 e. The zero-order valence-corrected chi connectivity index (χ0v) is 15.9. The molecule has 0 bridgehead atoms. The summed E-state index contributed by atoms with van der Waals surface area (Å²) >= 11 is 0. The van der Waals surface area contributed by atoms with Gasteiger partial charge < -0.3 is 9.47 Å². The summed E-state index contributed by atoms with van der Waals surface area (Å²) in [5.41, 5.74) is 4.71. The number of carbonyl (C=O) groups is 2. The molecule has 0 N–H and O–H groups in total. The average molecular weight is 378 g/mol. The van der Waals surface area contributed by atoms with Gasteiger partial charge in [-0.05, 0) is 37.0 Å². The van der Waals surface area contributed by atoms with E-state index >= 15 is 0 Å². The Balaban J connectivity index is 1.89. The summed E-state index contributed by atoms with van der Waals surface area (Å²) < 4.78 is 10.6. The van der Waals surface area contributed by atoms with E-state index in [1.807, 2.05) is 54.6 Å². The minimum absolute atomic E-state index is 0.215. The van der Waals surface area contributed by atoms with Gasteiger partial charge in [0.25, 0.3) is 0 Å². The normalized spacial score (nSPS) is 17.4. The third-order valence-electron chi connectivity index (χ3n) is 4.97. The molecule has 0 saturated carbocycles. The quantitative estimate of drug-likeness (QED) is 0.787. The van der Waals surface area contributed by atoms with Crippen molar-refractivity contribution in [3.8, 4) is 0 Å². The van der Waals surface area contributed by atoms with Crippen LogP contribution in [0.1, 0.15) is 36.6 Å². The molecule has 0 fully saturated rings. The number of hydrazine groups is 1. The summed E-state index contributed by atoms with van der Waals surface area (Å²) in [7, 11) is 0. The first kappa shape index (κ1) is 18.1. The molecule has 2 aromatic carbocycles. The van der Waals surface area contributed by atoms with Crippen LogP contribution < -0.4 is 0 Å². The van der Waals surface area contributed by atoms with Gasteiger partial charge in [0.1, 0.15) is 6.04 Å². The molecule has 1 atom stereocenters. The first-order valence-electron chi connectivity index (χ1n) is 9.46.